The maximum absolute atomic E-state index is 12.6. The van der Waals surface area contributed by atoms with Gasteiger partial charge in [0.2, 0.25) is 0 Å². The highest BCUT2D eigenvalue weighted by Crippen LogP contribution is 2.32. The van der Waals surface area contributed by atoms with Gasteiger partial charge in [-0.2, -0.15) is 13.2 Å². The lowest BCUT2D eigenvalue weighted by molar-refractivity contribution is -0.137. The van der Waals surface area contributed by atoms with Crippen LogP contribution in [0.25, 0.3) is 0 Å². The van der Waals surface area contributed by atoms with Gasteiger partial charge in [-0.25, -0.2) is 0 Å². The van der Waals surface area contributed by atoms with E-state index < -0.39 is 11.7 Å². The minimum absolute atomic E-state index is 0.102. The number of phenols is 1. The summed E-state index contributed by atoms with van der Waals surface area (Å²) in [5, 5.41) is 9.61. The lowest BCUT2D eigenvalue weighted by Crippen LogP contribution is -2.35. The molecule has 1 N–H and O–H groups in total. The summed E-state index contributed by atoms with van der Waals surface area (Å²) in [6, 6.07) is 2.99. The van der Waals surface area contributed by atoms with Crippen LogP contribution < -0.4 is 0 Å². The third kappa shape index (κ3) is 3.14. The van der Waals surface area contributed by atoms with E-state index in [0.717, 1.165) is 18.2 Å². The van der Waals surface area contributed by atoms with Crippen LogP contribution in [0.1, 0.15) is 11.1 Å². The van der Waals surface area contributed by atoms with Crippen LogP contribution in [0.15, 0.2) is 18.2 Å². The summed E-state index contributed by atoms with van der Waals surface area (Å²) in [6.45, 7) is 2.77. The van der Waals surface area contributed by atoms with Gasteiger partial charge in [0.15, 0.2) is 0 Å². The van der Waals surface area contributed by atoms with Gasteiger partial charge in [0.1, 0.15) is 5.75 Å². The molecule has 100 valence electrons. The number of aromatic hydroxyl groups is 1. The topological polar surface area (TPSA) is 32.7 Å². The summed E-state index contributed by atoms with van der Waals surface area (Å²) in [5.41, 5.74) is -0.435. The maximum atomic E-state index is 12.6. The van der Waals surface area contributed by atoms with E-state index in [1.807, 2.05) is 4.90 Å². The lowest BCUT2D eigenvalue weighted by Gasteiger charge is -2.27. The lowest BCUT2D eigenvalue weighted by atomic mass is 10.1. The molecule has 1 aliphatic rings. The Bertz CT molecular complexity index is 414. The van der Waals surface area contributed by atoms with E-state index in [-0.39, 0.29) is 5.75 Å². The summed E-state index contributed by atoms with van der Waals surface area (Å²) in [5.74, 6) is -0.102. The molecule has 0 aliphatic carbocycles. The summed E-state index contributed by atoms with van der Waals surface area (Å²) in [7, 11) is 0. The number of ether oxygens (including phenoxy) is 1. The Morgan fingerprint density at radius 3 is 2.50 bits per heavy atom. The minimum atomic E-state index is -4.38. The average Bonchev–Trinajstić information content (AvgIpc) is 2.32. The fourth-order valence-corrected chi connectivity index (χ4v) is 1.89. The summed E-state index contributed by atoms with van der Waals surface area (Å²) >= 11 is 0. The molecule has 1 heterocycles. The molecule has 0 bridgehead atoms. The first kappa shape index (κ1) is 13.2. The number of rotatable bonds is 2. The zero-order valence-corrected chi connectivity index (χ0v) is 9.70. The van der Waals surface area contributed by atoms with Crippen molar-refractivity contribution in [3.63, 3.8) is 0 Å². The summed E-state index contributed by atoms with van der Waals surface area (Å²) in [4.78, 5) is 1.96. The third-order valence-electron chi connectivity index (χ3n) is 2.90. The van der Waals surface area contributed by atoms with Crippen molar-refractivity contribution in [2.75, 3.05) is 26.3 Å². The second-order valence-electron chi connectivity index (χ2n) is 4.23. The first-order chi connectivity index (χ1) is 8.47. The van der Waals surface area contributed by atoms with Crippen molar-refractivity contribution in [1.29, 1.82) is 0 Å². The van der Waals surface area contributed by atoms with Crippen LogP contribution in [0.2, 0.25) is 0 Å². The van der Waals surface area contributed by atoms with E-state index in [2.05, 4.69) is 0 Å². The SMILES string of the molecule is Oc1ccc(C(F)(F)F)cc1CN1CCOCC1. The average molecular weight is 261 g/mol. The van der Waals surface area contributed by atoms with E-state index >= 15 is 0 Å². The molecule has 0 aromatic heterocycles. The first-order valence-corrected chi connectivity index (χ1v) is 5.66. The van der Waals surface area contributed by atoms with Gasteiger partial charge in [0.05, 0.1) is 18.8 Å². The van der Waals surface area contributed by atoms with Gasteiger partial charge in [-0.3, -0.25) is 4.90 Å². The van der Waals surface area contributed by atoms with Crippen LogP contribution >= 0.6 is 0 Å². The largest absolute Gasteiger partial charge is 0.508 e. The van der Waals surface area contributed by atoms with Crippen molar-refractivity contribution in [1.82, 2.24) is 4.90 Å². The van der Waals surface area contributed by atoms with Gasteiger partial charge in [0, 0.05) is 25.2 Å². The van der Waals surface area contributed by atoms with Crippen LogP contribution in [0.4, 0.5) is 13.2 Å². The standard InChI is InChI=1S/C12H14F3NO2/c13-12(14,15)10-1-2-11(17)9(7-10)8-16-3-5-18-6-4-16/h1-2,7,17H,3-6,8H2. The van der Waals surface area contributed by atoms with Crippen LogP contribution in [-0.2, 0) is 17.5 Å². The fourth-order valence-electron chi connectivity index (χ4n) is 1.89. The molecule has 0 spiro atoms. The molecular weight excluding hydrogens is 247 g/mol. The van der Waals surface area contributed by atoms with Crippen molar-refractivity contribution in [3.8, 4) is 5.75 Å². The van der Waals surface area contributed by atoms with Gasteiger partial charge in [-0.05, 0) is 18.2 Å². The number of morpholine rings is 1. The molecule has 1 aliphatic heterocycles. The molecule has 1 fully saturated rings. The highest BCUT2D eigenvalue weighted by Gasteiger charge is 2.31. The van der Waals surface area contributed by atoms with E-state index in [4.69, 9.17) is 4.74 Å². The quantitative estimate of drug-likeness (QED) is 0.886. The molecule has 0 amide bonds. The number of nitrogens with zero attached hydrogens (tertiary/aromatic N) is 1. The number of phenolic OH excluding ortho intramolecular Hbond substituents is 1. The molecule has 6 heteroatoms. The number of benzene rings is 1. The number of halogens is 3. The Morgan fingerprint density at radius 2 is 1.89 bits per heavy atom. The van der Waals surface area contributed by atoms with E-state index in [9.17, 15) is 18.3 Å². The molecular formula is C12H14F3NO2. The number of alkyl halides is 3. The Balaban J connectivity index is 2.15. The van der Waals surface area contributed by atoms with Gasteiger partial charge in [0.25, 0.3) is 0 Å². The van der Waals surface area contributed by atoms with Crippen LogP contribution in [0, 0.1) is 0 Å². The summed E-state index contributed by atoms with van der Waals surface area (Å²) in [6.07, 6.45) is -4.38. The molecule has 0 saturated carbocycles. The highest BCUT2D eigenvalue weighted by molar-refractivity contribution is 5.37. The van der Waals surface area contributed by atoms with Crippen LogP contribution in [0.3, 0.4) is 0 Å². The predicted molar refractivity (Wildman–Crippen MR) is 59.2 cm³/mol. The second-order valence-corrected chi connectivity index (χ2v) is 4.23. The minimum Gasteiger partial charge on any atom is -0.508 e. The van der Waals surface area contributed by atoms with E-state index in [1.165, 1.54) is 0 Å². The molecule has 0 atom stereocenters. The Morgan fingerprint density at radius 1 is 1.22 bits per heavy atom. The van der Waals surface area contributed by atoms with Gasteiger partial charge >= 0.3 is 6.18 Å². The molecule has 18 heavy (non-hydrogen) atoms. The molecule has 0 radical (unpaired) electrons. The van der Waals surface area contributed by atoms with Crippen molar-refractivity contribution >= 4 is 0 Å². The van der Waals surface area contributed by atoms with E-state index in [1.54, 1.807) is 0 Å². The molecule has 2 rings (SSSR count). The predicted octanol–water partition coefficient (Wildman–Crippen LogP) is 2.24. The number of hydrogen-bond acceptors (Lipinski definition) is 3. The summed E-state index contributed by atoms with van der Waals surface area (Å²) < 4.78 is 42.9. The van der Waals surface area contributed by atoms with E-state index in [0.29, 0.717) is 38.4 Å². The monoisotopic (exact) mass is 261 g/mol. The van der Waals surface area contributed by atoms with Crippen molar-refractivity contribution in [2.45, 2.75) is 12.7 Å². The third-order valence-corrected chi connectivity index (χ3v) is 2.90. The smallest absolute Gasteiger partial charge is 0.416 e. The second kappa shape index (κ2) is 5.16. The Hall–Kier alpha value is -1.27. The van der Waals surface area contributed by atoms with Crippen molar-refractivity contribution in [3.05, 3.63) is 29.3 Å². The van der Waals surface area contributed by atoms with Crippen molar-refractivity contribution < 1.29 is 23.0 Å². The zero-order chi connectivity index (χ0) is 13.2. The molecule has 3 nitrogen and oxygen atoms in total. The fraction of sp³-hybridized carbons (Fsp3) is 0.500. The molecule has 1 aromatic rings. The maximum Gasteiger partial charge on any atom is 0.416 e. The van der Waals surface area contributed by atoms with Crippen molar-refractivity contribution in [2.24, 2.45) is 0 Å². The number of hydrogen-bond donors (Lipinski definition) is 1. The van der Waals surface area contributed by atoms with Crippen LogP contribution in [-0.4, -0.2) is 36.3 Å². The highest BCUT2D eigenvalue weighted by atomic mass is 19.4. The zero-order valence-electron chi connectivity index (χ0n) is 9.70. The molecule has 1 aromatic carbocycles. The first-order valence-electron chi connectivity index (χ1n) is 5.66. The van der Waals surface area contributed by atoms with Crippen LogP contribution in [0.5, 0.6) is 5.75 Å². The van der Waals surface area contributed by atoms with Gasteiger partial charge < -0.3 is 9.84 Å². The molecule has 0 unspecified atom stereocenters. The van der Waals surface area contributed by atoms with Gasteiger partial charge in [-0.1, -0.05) is 0 Å². The Kier molecular flexibility index (Phi) is 3.77. The normalized spacial score (nSPS) is 17.9. The molecule has 1 saturated heterocycles. The Labute approximate surface area is 103 Å². The van der Waals surface area contributed by atoms with Gasteiger partial charge in [-0.15, -0.1) is 0 Å².